The molecule has 8 nitrogen and oxygen atoms in total. The van der Waals surface area contributed by atoms with Gasteiger partial charge in [0, 0.05) is 43.9 Å². The molecule has 0 atom stereocenters. The monoisotopic (exact) mass is 306 g/mol. The Kier molecular flexibility index (Phi) is 4.92. The van der Waals surface area contributed by atoms with Crippen molar-refractivity contribution >= 4 is 23.3 Å². The summed E-state index contributed by atoms with van der Waals surface area (Å²) in [5.74, 6) is -0.0381. The van der Waals surface area contributed by atoms with E-state index in [4.69, 9.17) is 0 Å². The lowest BCUT2D eigenvalue weighted by atomic mass is 9.96. The average Bonchev–Trinajstić information content (AvgIpc) is 2.54. The molecule has 2 N–H and O–H groups in total. The van der Waals surface area contributed by atoms with Crippen molar-refractivity contribution < 1.29 is 14.5 Å². The first-order valence-corrected chi connectivity index (χ1v) is 7.03. The molecule has 118 valence electrons. The first-order chi connectivity index (χ1) is 10.5. The van der Waals surface area contributed by atoms with Crippen LogP contribution in [0, 0.1) is 16.0 Å². The Balaban J connectivity index is 1.88. The Labute approximate surface area is 127 Å². The molecule has 3 amide bonds. The van der Waals surface area contributed by atoms with Gasteiger partial charge in [0.05, 0.1) is 4.92 Å². The van der Waals surface area contributed by atoms with Crippen molar-refractivity contribution in [2.24, 2.45) is 5.92 Å². The number of likely N-dealkylation sites (tertiary alicyclic amines) is 1. The zero-order valence-corrected chi connectivity index (χ0v) is 12.2. The molecule has 0 spiro atoms. The van der Waals surface area contributed by atoms with Crippen LogP contribution in [0.1, 0.15) is 12.8 Å². The van der Waals surface area contributed by atoms with E-state index in [0.717, 1.165) is 0 Å². The fraction of sp³-hybridized carbons (Fsp3) is 0.429. The molecule has 2 rings (SSSR count). The van der Waals surface area contributed by atoms with E-state index in [2.05, 4.69) is 10.6 Å². The summed E-state index contributed by atoms with van der Waals surface area (Å²) in [7, 11) is 1.61. The average molecular weight is 306 g/mol. The van der Waals surface area contributed by atoms with Gasteiger partial charge in [-0.3, -0.25) is 14.9 Å². The molecule has 22 heavy (non-hydrogen) atoms. The summed E-state index contributed by atoms with van der Waals surface area (Å²) < 4.78 is 0. The summed E-state index contributed by atoms with van der Waals surface area (Å²) >= 11 is 0. The SMILES string of the molecule is CNC(=O)C1CCN(C(=O)Nc2ccc([N+](=O)[O-])cc2)CC1. The third kappa shape index (κ3) is 3.72. The maximum absolute atomic E-state index is 12.1. The number of nitrogens with zero attached hydrogens (tertiary/aromatic N) is 2. The lowest BCUT2D eigenvalue weighted by molar-refractivity contribution is -0.384. The number of benzene rings is 1. The van der Waals surface area contributed by atoms with Crippen molar-refractivity contribution in [3.05, 3.63) is 34.4 Å². The second kappa shape index (κ2) is 6.88. The first-order valence-electron chi connectivity index (χ1n) is 7.03. The van der Waals surface area contributed by atoms with Crippen molar-refractivity contribution in [3.8, 4) is 0 Å². The first kappa shape index (κ1) is 15.7. The van der Waals surface area contributed by atoms with E-state index >= 15 is 0 Å². The molecule has 0 bridgehead atoms. The summed E-state index contributed by atoms with van der Waals surface area (Å²) in [6.07, 6.45) is 1.26. The van der Waals surface area contributed by atoms with E-state index in [1.807, 2.05) is 0 Å². The summed E-state index contributed by atoms with van der Waals surface area (Å²) in [6, 6.07) is 5.41. The van der Waals surface area contributed by atoms with Gasteiger partial charge in [-0.2, -0.15) is 0 Å². The van der Waals surface area contributed by atoms with Crippen LogP contribution in [-0.4, -0.2) is 41.9 Å². The minimum Gasteiger partial charge on any atom is -0.359 e. The fourth-order valence-corrected chi connectivity index (χ4v) is 2.42. The highest BCUT2D eigenvalue weighted by Gasteiger charge is 2.26. The van der Waals surface area contributed by atoms with Gasteiger partial charge in [-0.1, -0.05) is 0 Å². The largest absolute Gasteiger partial charge is 0.359 e. The second-order valence-electron chi connectivity index (χ2n) is 5.11. The van der Waals surface area contributed by atoms with E-state index in [0.29, 0.717) is 31.6 Å². The van der Waals surface area contributed by atoms with Gasteiger partial charge in [-0.05, 0) is 25.0 Å². The van der Waals surface area contributed by atoms with E-state index in [9.17, 15) is 19.7 Å². The van der Waals surface area contributed by atoms with Gasteiger partial charge >= 0.3 is 6.03 Å². The number of piperidine rings is 1. The van der Waals surface area contributed by atoms with Crippen LogP contribution < -0.4 is 10.6 Å². The molecule has 1 aromatic rings. The molecule has 1 heterocycles. The summed E-state index contributed by atoms with van der Waals surface area (Å²) in [5, 5.41) is 15.9. The number of urea groups is 1. The van der Waals surface area contributed by atoms with Crippen molar-refractivity contribution in [2.75, 3.05) is 25.5 Å². The third-order valence-electron chi connectivity index (χ3n) is 3.73. The Morgan fingerprint density at radius 2 is 1.82 bits per heavy atom. The highest BCUT2D eigenvalue weighted by molar-refractivity contribution is 5.89. The summed E-state index contributed by atoms with van der Waals surface area (Å²) in [6.45, 7) is 1.02. The topological polar surface area (TPSA) is 105 Å². The van der Waals surface area contributed by atoms with E-state index in [1.165, 1.54) is 24.3 Å². The van der Waals surface area contributed by atoms with Gasteiger partial charge in [0.25, 0.3) is 5.69 Å². The predicted octanol–water partition coefficient (Wildman–Crippen LogP) is 1.58. The number of hydrogen-bond donors (Lipinski definition) is 2. The van der Waals surface area contributed by atoms with Crippen LogP contribution >= 0.6 is 0 Å². The fourth-order valence-electron chi connectivity index (χ4n) is 2.42. The number of nitro benzene ring substituents is 1. The number of carbonyl (C=O) groups is 2. The Hall–Kier alpha value is -2.64. The van der Waals surface area contributed by atoms with Gasteiger partial charge in [0.15, 0.2) is 0 Å². The number of anilines is 1. The number of nitrogens with one attached hydrogen (secondary N) is 2. The molecule has 0 saturated carbocycles. The van der Waals surface area contributed by atoms with Crippen LogP contribution in [0.15, 0.2) is 24.3 Å². The molecule has 1 aliphatic rings. The van der Waals surface area contributed by atoms with Gasteiger partial charge in [-0.25, -0.2) is 4.79 Å². The highest BCUT2D eigenvalue weighted by Crippen LogP contribution is 2.19. The van der Waals surface area contributed by atoms with Crippen molar-refractivity contribution in [1.82, 2.24) is 10.2 Å². The molecule has 0 aliphatic carbocycles. The third-order valence-corrected chi connectivity index (χ3v) is 3.73. The van der Waals surface area contributed by atoms with E-state index < -0.39 is 4.92 Å². The second-order valence-corrected chi connectivity index (χ2v) is 5.11. The molecule has 1 saturated heterocycles. The number of non-ortho nitro benzene ring substituents is 1. The Morgan fingerprint density at radius 1 is 1.23 bits per heavy atom. The molecule has 1 aromatic carbocycles. The maximum Gasteiger partial charge on any atom is 0.321 e. The van der Waals surface area contributed by atoms with Gasteiger partial charge in [0.1, 0.15) is 0 Å². The van der Waals surface area contributed by atoms with Gasteiger partial charge < -0.3 is 15.5 Å². The van der Waals surface area contributed by atoms with Gasteiger partial charge in [-0.15, -0.1) is 0 Å². The van der Waals surface area contributed by atoms with Crippen molar-refractivity contribution in [1.29, 1.82) is 0 Å². The van der Waals surface area contributed by atoms with Crippen LogP contribution in [0.25, 0.3) is 0 Å². The molecule has 1 aliphatic heterocycles. The minimum absolute atomic E-state index is 0.00965. The molecular formula is C14H18N4O4. The molecule has 1 fully saturated rings. The van der Waals surface area contributed by atoms with Crippen molar-refractivity contribution in [2.45, 2.75) is 12.8 Å². The lowest BCUT2D eigenvalue weighted by Crippen LogP contribution is -2.44. The van der Waals surface area contributed by atoms with Crippen LogP contribution in [-0.2, 0) is 4.79 Å². The smallest absolute Gasteiger partial charge is 0.321 e. The zero-order valence-electron chi connectivity index (χ0n) is 12.2. The number of nitro groups is 1. The molecule has 8 heteroatoms. The van der Waals surface area contributed by atoms with E-state index in [-0.39, 0.29) is 23.5 Å². The highest BCUT2D eigenvalue weighted by atomic mass is 16.6. The van der Waals surface area contributed by atoms with Gasteiger partial charge in [0.2, 0.25) is 5.91 Å². The number of amides is 3. The summed E-state index contributed by atoms with van der Waals surface area (Å²) in [4.78, 5) is 35.4. The normalized spacial score (nSPS) is 15.2. The van der Waals surface area contributed by atoms with Crippen LogP contribution in [0.5, 0.6) is 0 Å². The molecule has 0 aromatic heterocycles. The number of hydrogen-bond acceptors (Lipinski definition) is 4. The zero-order chi connectivity index (χ0) is 16.1. The quantitative estimate of drug-likeness (QED) is 0.653. The number of rotatable bonds is 3. The maximum atomic E-state index is 12.1. The Bertz CT molecular complexity index is 565. The molecule has 0 radical (unpaired) electrons. The summed E-state index contributed by atoms with van der Waals surface area (Å²) in [5.41, 5.74) is 0.480. The van der Waals surface area contributed by atoms with Crippen LogP contribution in [0.2, 0.25) is 0 Å². The van der Waals surface area contributed by atoms with Crippen molar-refractivity contribution in [3.63, 3.8) is 0 Å². The molecule has 0 unspecified atom stereocenters. The Morgan fingerprint density at radius 3 is 2.32 bits per heavy atom. The lowest BCUT2D eigenvalue weighted by Gasteiger charge is -2.31. The van der Waals surface area contributed by atoms with Crippen LogP contribution in [0.4, 0.5) is 16.2 Å². The van der Waals surface area contributed by atoms with Crippen LogP contribution in [0.3, 0.4) is 0 Å². The number of carbonyl (C=O) groups excluding carboxylic acids is 2. The molecular weight excluding hydrogens is 288 g/mol. The minimum atomic E-state index is -0.491. The standard InChI is InChI=1S/C14H18N4O4/c1-15-13(19)10-6-8-17(9-7-10)14(20)16-11-2-4-12(5-3-11)18(21)22/h2-5,10H,6-9H2,1H3,(H,15,19)(H,16,20). The predicted molar refractivity (Wildman–Crippen MR) is 80.5 cm³/mol. The van der Waals surface area contributed by atoms with E-state index in [1.54, 1.807) is 11.9 Å².